The molecule has 0 radical (unpaired) electrons. The Bertz CT molecular complexity index is 2980. The predicted molar refractivity (Wildman–Crippen MR) is 264 cm³/mol. The molecule has 8 atom stereocenters. The topological polar surface area (TPSA) is 188 Å². The summed E-state index contributed by atoms with van der Waals surface area (Å²) in [6.07, 6.45) is 18.0. The van der Waals surface area contributed by atoms with Crippen LogP contribution in [0.15, 0.2) is 96.9 Å². The van der Waals surface area contributed by atoms with Crippen molar-refractivity contribution in [1.29, 1.82) is 0 Å². The second-order valence-electron chi connectivity index (χ2n) is 20.1. The van der Waals surface area contributed by atoms with Crippen LogP contribution in [0.5, 0.6) is 17.2 Å². The summed E-state index contributed by atoms with van der Waals surface area (Å²) >= 11 is 0. The lowest BCUT2D eigenvalue weighted by atomic mass is 9.65. The van der Waals surface area contributed by atoms with Gasteiger partial charge < -0.3 is 45.6 Å². The van der Waals surface area contributed by atoms with E-state index in [0.29, 0.717) is 47.5 Å². The molecule has 4 aliphatic carbocycles. The molecular weight excluding hydrogens is 867 g/mol. The molecule has 3 aliphatic heterocycles. The van der Waals surface area contributed by atoms with Gasteiger partial charge in [0.2, 0.25) is 0 Å². The van der Waals surface area contributed by atoms with Gasteiger partial charge in [-0.2, -0.15) is 0 Å². The van der Waals surface area contributed by atoms with E-state index < -0.39 is 42.1 Å². The number of aromatic amines is 2. The lowest BCUT2D eigenvalue weighted by Gasteiger charge is -2.39. The van der Waals surface area contributed by atoms with Crippen LogP contribution in [0.25, 0.3) is 12.2 Å². The molecule has 7 aliphatic rings. The first-order valence-corrected chi connectivity index (χ1v) is 24.8. The van der Waals surface area contributed by atoms with Crippen LogP contribution in [0.1, 0.15) is 131 Å². The van der Waals surface area contributed by atoms with Crippen molar-refractivity contribution < 1.29 is 39.9 Å². The second kappa shape index (κ2) is 18.4. The molecule has 8 N–H and O–H groups in total. The molecule has 0 saturated heterocycles. The average Bonchev–Trinajstić information content (AvgIpc) is 4.13. The van der Waals surface area contributed by atoms with Crippen molar-refractivity contribution in [2.45, 2.75) is 119 Å². The van der Waals surface area contributed by atoms with Crippen molar-refractivity contribution in [2.75, 3.05) is 11.9 Å². The number of phenolic OH excluding ortho intramolecular Hbond substituents is 2. The quantitative estimate of drug-likeness (QED) is 0.0469. The van der Waals surface area contributed by atoms with Crippen LogP contribution in [0.4, 0.5) is 5.82 Å². The molecule has 8 unspecified atom stereocenters. The molecule has 3 aromatic carbocycles. The van der Waals surface area contributed by atoms with Crippen LogP contribution in [0.3, 0.4) is 0 Å². The van der Waals surface area contributed by atoms with E-state index in [4.69, 9.17) is 4.74 Å². The van der Waals surface area contributed by atoms with Crippen LogP contribution in [-0.4, -0.2) is 77.5 Å². The Morgan fingerprint density at radius 1 is 0.855 bits per heavy atom. The van der Waals surface area contributed by atoms with E-state index in [1.54, 1.807) is 24.3 Å². The van der Waals surface area contributed by atoms with Crippen molar-refractivity contribution in [1.82, 2.24) is 9.97 Å². The van der Waals surface area contributed by atoms with Crippen molar-refractivity contribution >= 4 is 29.5 Å². The fraction of sp³-hybridized carbons (Fsp3) is 0.379. The molecule has 69 heavy (non-hydrogen) atoms. The summed E-state index contributed by atoms with van der Waals surface area (Å²) in [4.78, 5) is 37.6. The second-order valence-corrected chi connectivity index (χ2v) is 20.1. The highest BCUT2D eigenvalue weighted by Crippen LogP contribution is 2.49. The Kier molecular flexibility index (Phi) is 12.0. The lowest BCUT2D eigenvalue weighted by molar-refractivity contribution is -0.135. The number of phenols is 2. The number of Topliss-reactive ketones (excluding diaryl/α,β-unsaturated/α-hetero) is 2. The molecule has 12 rings (SSSR count). The van der Waals surface area contributed by atoms with Crippen LogP contribution in [0.2, 0.25) is 0 Å². The first-order valence-electron chi connectivity index (χ1n) is 24.8. The number of fused-ring (bicyclic) bond motifs is 8. The number of aliphatic hydroxyl groups is 3. The summed E-state index contributed by atoms with van der Waals surface area (Å²) < 4.78 is 6.50. The van der Waals surface area contributed by atoms with Gasteiger partial charge in [0.25, 0.3) is 0 Å². The summed E-state index contributed by atoms with van der Waals surface area (Å²) in [5.41, 5.74) is 7.69. The molecule has 354 valence electrons. The van der Waals surface area contributed by atoms with Gasteiger partial charge in [0.15, 0.2) is 17.3 Å². The fourth-order valence-electron chi connectivity index (χ4n) is 12.2. The minimum absolute atomic E-state index is 0.00319. The number of H-pyrrole nitrogens is 2. The SMILES string of the molecule is O=C1CCc2cc(c(O)c(OC3CCCC3)c2)Cc2ccc3c(c2)C2C=CC3C(O)CC#CC(Nc3[nH]ccc32)C2=Cc3[nH]ccc3C(CC3(O)C=Cc4c(O)cccc4CC3)C2C(=O)C1CCO. The van der Waals surface area contributed by atoms with E-state index in [2.05, 4.69) is 57.5 Å². The van der Waals surface area contributed by atoms with E-state index in [1.165, 1.54) is 0 Å². The van der Waals surface area contributed by atoms with Gasteiger partial charge in [-0.25, -0.2) is 0 Å². The van der Waals surface area contributed by atoms with Crippen LogP contribution >= 0.6 is 0 Å². The van der Waals surface area contributed by atoms with Crippen molar-refractivity contribution in [3.63, 3.8) is 0 Å². The Balaban J connectivity index is 1.08. The maximum Gasteiger partial charge on any atom is 0.161 e. The molecule has 7 bridgehead atoms. The zero-order valence-electron chi connectivity index (χ0n) is 38.6. The zero-order chi connectivity index (χ0) is 47.4. The zero-order valence-corrected chi connectivity index (χ0v) is 38.6. The third-order valence-corrected chi connectivity index (χ3v) is 15.8. The molecule has 1 fully saturated rings. The number of anilines is 1. The van der Waals surface area contributed by atoms with Crippen molar-refractivity contribution in [3.05, 3.63) is 153 Å². The van der Waals surface area contributed by atoms with Gasteiger partial charge in [0.05, 0.1) is 23.7 Å². The standard InChI is InChI=1S/C58H59N3O8/c62-26-21-44-52(65)16-12-34-28-36(55(66)53(30-34)69-37-6-1-2-7-37)27-33-11-13-39-42-15-14-40(45(39)29-33)43-20-25-60-57(43)61-48(8-4-10-51(42)64)46-31-49-41(19-24-59-49)47(54(46)56(44)67)32-58(68)22-17-35-5-3-9-50(63)38(35)18-23-58/h3,5,9,11,13-15,18-20,23-25,28-31,37,40,42,44,47-48,51,54,59-64,66,68H,1-2,6-7,10,12,16-17,21-22,26-27,32H2. The number of hydrogen-bond acceptors (Lipinski definition) is 9. The van der Waals surface area contributed by atoms with E-state index in [9.17, 15) is 30.3 Å². The Morgan fingerprint density at radius 2 is 1.70 bits per heavy atom. The number of benzene rings is 3. The molecule has 2 aromatic heterocycles. The van der Waals surface area contributed by atoms with E-state index in [-0.39, 0.29) is 73.1 Å². The minimum atomic E-state index is -1.43. The molecule has 5 heterocycles. The van der Waals surface area contributed by atoms with Gasteiger partial charge in [0, 0.05) is 84.3 Å². The third-order valence-electron chi connectivity index (χ3n) is 15.8. The number of ketones is 2. The first-order chi connectivity index (χ1) is 33.5. The number of aromatic hydroxyl groups is 2. The number of aromatic nitrogens is 2. The van der Waals surface area contributed by atoms with Crippen LogP contribution in [-0.2, 0) is 28.9 Å². The Morgan fingerprint density at radius 3 is 2.55 bits per heavy atom. The van der Waals surface area contributed by atoms with Gasteiger partial charge >= 0.3 is 0 Å². The van der Waals surface area contributed by atoms with Gasteiger partial charge in [0.1, 0.15) is 23.4 Å². The van der Waals surface area contributed by atoms with Gasteiger partial charge in [-0.15, -0.1) is 0 Å². The molecule has 5 aromatic rings. The van der Waals surface area contributed by atoms with E-state index in [0.717, 1.165) is 70.3 Å². The molecule has 1 saturated carbocycles. The molecule has 11 nitrogen and oxygen atoms in total. The number of hydrogen-bond donors (Lipinski definition) is 8. The third kappa shape index (κ3) is 8.53. The number of rotatable bonds is 6. The Labute approximate surface area is 402 Å². The number of ether oxygens (including phenoxy) is 1. The van der Waals surface area contributed by atoms with Gasteiger partial charge in [-0.3, -0.25) is 9.59 Å². The normalized spacial score (nSPS) is 27.3. The maximum absolute atomic E-state index is 15.9. The summed E-state index contributed by atoms with van der Waals surface area (Å²) in [6.45, 7) is -0.396. The average molecular weight is 926 g/mol. The molecule has 0 spiro atoms. The molecular formula is C58H59N3O8. The highest BCUT2D eigenvalue weighted by atomic mass is 16.5. The smallest absolute Gasteiger partial charge is 0.161 e. The number of allylic oxidation sites excluding steroid dienone is 1. The van der Waals surface area contributed by atoms with Crippen LogP contribution in [0, 0.1) is 23.7 Å². The highest BCUT2D eigenvalue weighted by molar-refractivity contribution is 6.05. The molecule has 0 amide bonds. The predicted octanol–water partition coefficient (Wildman–Crippen LogP) is 8.66. The lowest BCUT2D eigenvalue weighted by Crippen LogP contribution is -2.42. The van der Waals surface area contributed by atoms with Crippen LogP contribution < -0.4 is 10.1 Å². The summed E-state index contributed by atoms with van der Waals surface area (Å²) in [5.74, 6) is 3.97. The van der Waals surface area contributed by atoms with Crippen molar-refractivity contribution in [3.8, 4) is 29.1 Å². The number of carbonyl (C=O) groups is 2. The number of nitrogens with one attached hydrogen (secondary N) is 3. The maximum atomic E-state index is 15.9. The van der Waals surface area contributed by atoms with Gasteiger partial charge in [-0.1, -0.05) is 72.5 Å². The van der Waals surface area contributed by atoms with E-state index >= 15 is 4.79 Å². The Hall–Kier alpha value is -6.58. The monoisotopic (exact) mass is 925 g/mol. The van der Waals surface area contributed by atoms with Gasteiger partial charge in [-0.05, 0) is 127 Å². The first kappa shape index (κ1) is 44.9. The number of aryl methyl sites for hydroxylation is 2. The van der Waals surface area contributed by atoms with E-state index in [1.807, 2.05) is 48.8 Å². The minimum Gasteiger partial charge on any atom is -0.507 e. The highest BCUT2D eigenvalue weighted by Gasteiger charge is 2.47. The fourth-order valence-corrected chi connectivity index (χ4v) is 12.2. The number of carbonyl (C=O) groups excluding carboxylic acids is 2. The summed E-state index contributed by atoms with van der Waals surface area (Å²) in [7, 11) is 0. The van der Waals surface area contributed by atoms with Crippen molar-refractivity contribution in [2.24, 2.45) is 11.8 Å². The summed E-state index contributed by atoms with van der Waals surface area (Å²) in [6, 6.07) is 18.6. The molecule has 11 heteroatoms. The number of aliphatic hydroxyl groups excluding tert-OH is 2. The summed E-state index contributed by atoms with van der Waals surface area (Å²) in [5, 5.41) is 61.7. The largest absolute Gasteiger partial charge is 0.507 e.